The zero-order valence-electron chi connectivity index (χ0n) is 7.91. The lowest BCUT2D eigenvalue weighted by molar-refractivity contribution is 0.199. The van der Waals surface area contributed by atoms with Gasteiger partial charge in [-0.2, -0.15) is 0 Å². The van der Waals surface area contributed by atoms with Gasteiger partial charge in [-0.1, -0.05) is 6.07 Å². The summed E-state index contributed by atoms with van der Waals surface area (Å²) in [7, 11) is 1.81. The number of benzene rings is 1. The van der Waals surface area contributed by atoms with Crippen LogP contribution in [0.3, 0.4) is 0 Å². The summed E-state index contributed by atoms with van der Waals surface area (Å²) in [6.07, 6.45) is -0.490. The van der Waals surface area contributed by atoms with Gasteiger partial charge in [0.05, 0.1) is 6.10 Å². The molecule has 1 unspecified atom stereocenters. The second kappa shape index (κ2) is 4.25. The quantitative estimate of drug-likeness (QED) is 0.656. The molecule has 3 N–H and O–H groups in total. The van der Waals surface area contributed by atoms with E-state index in [1.807, 2.05) is 7.05 Å². The average Bonchev–Trinajstić information content (AvgIpc) is 2.08. The number of aliphatic hydroxyl groups excluding tert-OH is 1. The van der Waals surface area contributed by atoms with Crippen LogP contribution >= 0.6 is 0 Å². The van der Waals surface area contributed by atoms with Crippen molar-refractivity contribution in [2.45, 2.75) is 19.6 Å². The molecule has 1 atom stereocenters. The molecule has 0 saturated carbocycles. The molecule has 0 aliphatic rings. The minimum absolute atomic E-state index is 0.263. The molecule has 1 aromatic rings. The Kier molecular flexibility index (Phi) is 3.28. The van der Waals surface area contributed by atoms with Crippen LogP contribution < -0.4 is 5.32 Å². The first-order chi connectivity index (χ1) is 6.15. The monoisotopic (exact) mass is 181 g/mol. The van der Waals surface area contributed by atoms with Crippen molar-refractivity contribution in [3.05, 3.63) is 29.3 Å². The van der Waals surface area contributed by atoms with Gasteiger partial charge in [-0.25, -0.2) is 0 Å². The topological polar surface area (TPSA) is 52.5 Å². The molecule has 0 aromatic heterocycles. The lowest BCUT2D eigenvalue weighted by Crippen LogP contribution is -2.06. The zero-order valence-corrected chi connectivity index (χ0v) is 7.91. The number of aliphatic hydroxyl groups is 1. The number of phenolic OH excluding ortho intramolecular Hbond substituents is 1. The highest BCUT2D eigenvalue weighted by Gasteiger charge is 2.05. The molecule has 3 nitrogen and oxygen atoms in total. The number of rotatable bonds is 3. The van der Waals surface area contributed by atoms with Crippen molar-refractivity contribution in [3.63, 3.8) is 0 Å². The SMILES string of the molecule is CNCc1cc(C(C)O)ccc1O. The van der Waals surface area contributed by atoms with E-state index in [4.69, 9.17) is 0 Å². The summed E-state index contributed by atoms with van der Waals surface area (Å²) in [6, 6.07) is 5.13. The molecule has 0 aliphatic carbocycles. The highest BCUT2D eigenvalue weighted by atomic mass is 16.3. The molecule has 0 fully saturated rings. The summed E-state index contributed by atoms with van der Waals surface area (Å²) in [5.74, 6) is 0.263. The third kappa shape index (κ3) is 2.44. The Morgan fingerprint density at radius 2 is 2.15 bits per heavy atom. The predicted octanol–water partition coefficient (Wildman–Crippen LogP) is 1.16. The Balaban J connectivity index is 2.97. The van der Waals surface area contributed by atoms with E-state index in [-0.39, 0.29) is 5.75 Å². The summed E-state index contributed by atoms with van der Waals surface area (Å²) in [6.45, 7) is 2.31. The summed E-state index contributed by atoms with van der Waals surface area (Å²) < 4.78 is 0. The van der Waals surface area contributed by atoms with Gasteiger partial charge in [0, 0.05) is 12.1 Å². The van der Waals surface area contributed by atoms with Crippen molar-refractivity contribution in [2.24, 2.45) is 0 Å². The van der Waals surface area contributed by atoms with Gasteiger partial charge in [0.25, 0.3) is 0 Å². The van der Waals surface area contributed by atoms with Crippen molar-refractivity contribution in [2.75, 3.05) is 7.05 Å². The molecule has 1 aromatic carbocycles. The van der Waals surface area contributed by atoms with Crippen molar-refractivity contribution in [3.8, 4) is 5.75 Å². The normalized spacial score (nSPS) is 12.8. The second-order valence-corrected chi connectivity index (χ2v) is 3.09. The average molecular weight is 181 g/mol. The summed E-state index contributed by atoms with van der Waals surface area (Å²) >= 11 is 0. The first kappa shape index (κ1) is 10.0. The highest BCUT2D eigenvalue weighted by molar-refractivity contribution is 5.36. The molecule has 3 heteroatoms. The molecule has 72 valence electrons. The van der Waals surface area contributed by atoms with Crippen molar-refractivity contribution >= 4 is 0 Å². The summed E-state index contributed by atoms with van der Waals surface area (Å²) in [4.78, 5) is 0. The van der Waals surface area contributed by atoms with Gasteiger partial charge in [-0.15, -0.1) is 0 Å². The lowest BCUT2D eigenvalue weighted by Gasteiger charge is -2.09. The Morgan fingerprint density at radius 3 is 2.69 bits per heavy atom. The largest absolute Gasteiger partial charge is 0.508 e. The van der Waals surface area contributed by atoms with Gasteiger partial charge < -0.3 is 15.5 Å². The van der Waals surface area contributed by atoms with E-state index < -0.39 is 6.10 Å². The van der Waals surface area contributed by atoms with E-state index in [9.17, 15) is 10.2 Å². The first-order valence-electron chi connectivity index (χ1n) is 4.29. The van der Waals surface area contributed by atoms with Gasteiger partial charge in [0.15, 0.2) is 0 Å². The zero-order chi connectivity index (χ0) is 9.84. The van der Waals surface area contributed by atoms with Crippen LogP contribution in [0.15, 0.2) is 18.2 Å². The van der Waals surface area contributed by atoms with Crippen LogP contribution in [0.25, 0.3) is 0 Å². The van der Waals surface area contributed by atoms with Gasteiger partial charge in [-0.3, -0.25) is 0 Å². The maximum atomic E-state index is 9.43. The Bertz CT molecular complexity index is 284. The van der Waals surface area contributed by atoms with E-state index in [1.54, 1.807) is 25.1 Å². The van der Waals surface area contributed by atoms with E-state index in [1.165, 1.54) is 0 Å². The van der Waals surface area contributed by atoms with Crippen molar-refractivity contribution in [1.29, 1.82) is 0 Å². The maximum absolute atomic E-state index is 9.43. The molecule has 0 aliphatic heterocycles. The van der Waals surface area contributed by atoms with Crippen LogP contribution in [0.1, 0.15) is 24.2 Å². The lowest BCUT2D eigenvalue weighted by atomic mass is 10.1. The molecular formula is C10H15NO2. The van der Waals surface area contributed by atoms with E-state index in [2.05, 4.69) is 5.32 Å². The number of nitrogens with one attached hydrogen (secondary N) is 1. The van der Waals surface area contributed by atoms with E-state index >= 15 is 0 Å². The minimum Gasteiger partial charge on any atom is -0.508 e. The number of phenols is 1. The molecule has 0 spiro atoms. The van der Waals surface area contributed by atoms with Crippen LogP contribution in [0, 0.1) is 0 Å². The smallest absolute Gasteiger partial charge is 0.120 e. The van der Waals surface area contributed by atoms with Crippen LogP contribution in [0.2, 0.25) is 0 Å². The van der Waals surface area contributed by atoms with Crippen LogP contribution in [0.5, 0.6) is 5.75 Å². The minimum atomic E-state index is -0.490. The fourth-order valence-corrected chi connectivity index (χ4v) is 1.20. The molecule has 0 saturated heterocycles. The van der Waals surface area contributed by atoms with Gasteiger partial charge in [0.1, 0.15) is 5.75 Å². The van der Waals surface area contributed by atoms with Crippen LogP contribution in [-0.2, 0) is 6.54 Å². The second-order valence-electron chi connectivity index (χ2n) is 3.09. The highest BCUT2D eigenvalue weighted by Crippen LogP contribution is 2.21. The van der Waals surface area contributed by atoms with Crippen LogP contribution in [-0.4, -0.2) is 17.3 Å². The Morgan fingerprint density at radius 1 is 1.46 bits per heavy atom. The first-order valence-corrected chi connectivity index (χ1v) is 4.29. The Labute approximate surface area is 78.0 Å². The number of aromatic hydroxyl groups is 1. The third-order valence-electron chi connectivity index (χ3n) is 1.95. The van der Waals surface area contributed by atoms with Gasteiger partial charge in [-0.05, 0) is 31.7 Å². The fourth-order valence-electron chi connectivity index (χ4n) is 1.20. The standard InChI is InChI=1S/C10H15NO2/c1-7(12)8-3-4-10(13)9(5-8)6-11-2/h3-5,7,11-13H,6H2,1-2H3. The number of hydrogen-bond donors (Lipinski definition) is 3. The van der Waals surface area contributed by atoms with Gasteiger partial charge in [0.2, 0.25) is 0 Å². The molecule has 0 heterocycles. The maximum Gasteiger partial charge on any atom is 0.120 e. The number of hydrogen-bond acceptors (Lipinski definition) is 3. The van der Waals surface area contributed by atoms with Crippen molar-refractivity contribution in [1.82, 2.24) is 5.32 Å². The van der Waals surface area contributed by atoms with E-state index in [0.717, 1.165) is 11.1 Å². The fraction of sp³-hybridized carbons (Fsp3) is 0.400. The molecule has 0 amide bonds. The molecule has 0 radical (unpaired) electrons. The van der Waals surface area contributed by atoms with E-state index in [0.29, 0.717) is 6.54 Å². The summed E-state index contributed by atoms with van der Waals surface area (Å²) in [5, 5.41) is 21.7. The van der Waals surface area contributed by atoms with Crippen molar-refractivity contribution < 1.29 is 10.2 Å². The van der Waals surface area contributed by atoms with Gasteiger partial charge >= 0.3 is 0 Å². The molecular weight excluding hydrogens is 166 g/mol. The molecule has 0 bridgehead atoms. The molecule has 1 rings (SSSR count). The molecule has 13 heavy (non-hydrogen) atoms. The third-order valence-corrected chi connectivity index (χ3v) is 1.95. The predicted molar refractivity (Wildman–Crippen MR) is 51.5 cm³/mol. The van der Waals surface area contributed by atoms with Crippen LogP contribution in [0.4, 0.5) is 0 Å². The Hall–Kier alpha value is -1.06. The summed E-state index contributed by atoms with van der Waals surface area (Å²) in [5.41, 5.74) is 1.63.